The molecular weight excluding hydrogens is 218 g/mol. The Morgan fingerprint density at radius 2 is 1.71 bits per heavy atom. The van der Waals surface area contributed by atoms with Gasteiger partial charge in [-0.1, -0.05) is 0 Å². The molecule has 5 heteroatoms. The van der Waals surface area contributed by atoms with Crippen LogP contribution in [0.15, 0.2) is 0 Å². The molecule has 0 unspecified atom stereocenters. The molecule has 1 fully saturated rings. The van der Waals surface area contributed by atoms with Crippen LogP contribution in [0.5, 0.6) is 0 Å². The Morgan fingerprint density at radius 1 is 1.12 bits per heavy atom. The fourth-order valence-corrected chi connectivity index (χ4v) is 1.92. The highest BCUT2D eigenvalue weighted by Crippen LogP contribution is 2.16. The van der Waals surface area contributed by atoms with E-state index in [4.69, 9.17) is 0 Å². The van der Waals surface area contributed by atoms with Gasteiger partial charge in [0.1, 0.15) is 0 Å². The highest BCUT2D eigenvalue weighted by atomic mass is 16.2. The molecule has 0 saturated carbocycles. The van der Waals surface area contributed by atoms with Crippen molar-refractivity contribution < 1.29 is 9.59 Å². The van der Waals surface area contributed by atoms with E-state index in [0.29, 0.717) is 12.3 Å². The molecule has 1 rings (SSSR count). The second-order valence-electron chi connectivity index (χ2n) is 4.94. The Labute approximate surface area is 103 Å². The third-order valence-corrected chi connectivity index (χ3v) is 3.22. The predicted octanol–water partition coefficient (Wildman–Crippen LogP) is -0.0773. The lowest BCUT2D eigenvalue weighted by Gasteiger charge is -2.25. The van der Waals surface area contributed by atoms with Gasteiger partial charge in [0.25, 0.3) is 0 Å². The average molecular weight is 241 g/mol. The fourth-order valence-electron chi connectivity index (χ4n) is 1.92. The zero-order valence-corrected chi connectivity index (χ0v) is 11.0. The van der Waals surface area contributed by atoms with Crippen molar-refractivity contribution in [2.24, 2.45) is 5.92 Å². The number of hydrogen-bond donors (Lipinski definition) is 1. The molecule has 0 spiro atoms. The van der Waals surface area contributed by atoms with Crippen molar-refractivity contribution in [3.8, 4) is 0 Å². The summed E-state index contributed by atoms with van der Waals surface area (Å²) in [7, 11) is 5.10. The number of piperidine rings is 1. The molecule has 1 aliphatic rings. The summed E-state index contributed by atoms with van der Waals surface area (Å²) in [5.41, 5.74) is 0. The highest BCUT2D eigenvalue weighted by Gasteiger charge is 2.20. The Bertz CT molecular complexity index is 273. The number of rotatable bonds is 4. The Balaban J connectivity index is 2.33. The van der Waals surface area contributed by atoms with Gasteiger partial charge < -0.3 is 15.1 Å². The van der Waals surface area contributed by atoms with Crippen LogP contribution in [0.3, 0.4) is 0 Å². The largest absolute Gasteiger partial charge is 0.347 e. The fraction of sp³-hybridized carbons (Fsp3) is 0.833. The predicted molar refractivity (Wildman–Crippen MR) is 66.5 cm³/mol. The maximum absolute atomic E-state index is 11.9. The van der Waals surface area contributed by atoms with E-state index < -0.39 is 0 Å². The van der Waals surface area contributed by atoms with Gasteiger partial charge in [-0.05, 0) is 31.8 Å². The number of carbonyl (C=O) groups is 2. The van der Waals surface area contributed by atoms with Gasteiger partial charge in [0, 0.05) is 27.6 Å². The summed E-state index contributed by atoms with van der Waals surface area (Å²) >= 11 is 0. The number of carbonyl (C=O) groups excluding carboxylic acids is 2. The first-order chi connectivity index (χ1) is 8.00. The van der Waals surface area contributed by atoms with E-state index in [1.54, 1.807) is 21.1 Å². The van der Waals surface area contributed by atoms with E-state index in [0.717, 1.165) is 25.9 Å². The van der Waals surface area contributed by atoms with E-state index in [9.17, 15) is 9.59 Å². The van der Waals surface area contributed by atoms with Crippen LogP contribution in [-0.4, -0.2) is 62.4 Å². The molecule has 0 aliphatic carbocycles. The summed E-state index contributed by atoms with van der Waals surface area (Å²) in [6.45, 7) is 2.17. The minimum Gasteiger partial charge on any atom is -0.347 e. The van der Waals surface area contributed by atoms with Crippen LogP contribution < -0.4 is 5.32 Å². The van der Waals surface area contributed by atoms with E-state index >= 15 is 0 Å². The van der Waals surface area contributed by atoms with Gasteiger partial charge in [-0.3, -0.25) is 9.59 Å². The van der Waals surface area contributed by atoms with E-state index in [-0.39, 0.29) is 18.4 Å². The molecule has 2 amide bonds. The molecule has 0 aromatic rings. The summed E-state index contributed by atoms with van der Waals surface area (Å²) in [4.78, 5) is 26.4. The summed E-state index contributed by atoms with van der Waals surface area (Å²) in [5, 5.41) is 3.28. The monoisotopic (exact) mass is 241 g/mol. The average Bonchev–Trinajstić information content (AvgIpc) is 2.29. The lowest BCUT2D eigenvalue weighted by Crippen LogP contribution is -2.39. The van der Waals surface area contributed by atoms with Crippen LogP contribution in [-0.2, 0) is 9.59 Å². The zero-order valence-electron chi connectivity index (χ0n) is 11.0. The first-order valence-electron chi connectivity index (χ1n) is 6.15. The van der Waals surface area contributed by atoms with Gasteiger partial charge in [-0.25, -0.2) is 0 Å². The molecule has 0 radical (unpaired) electrons. The van der Waals surface area contributed by atoms with E-state index in [1.165, 1.54) is 9.80 Å². The van der Waals surface area contributed by atoms with Crippen LogP contribution in [0.1, 0.15) is 19.3 Å². The van der Waals surface area contributed by atoms with Crippen molar-refractivity contribution in [1.82, 2.24) is 15.1 Å². The molecular formula is C12H23N3O2. The Kier molecular flexibility index (Phi) is 5.41. The lowest BCUT2D eigenvalue weighted by molar-refractivity contribution is -0.138. The van der Waals surface area contributed by atoms with Gasteiger partial charge in [0.15, 0.2) is 0 Å². The normalized spacial score (nSPS) is 16.6. The van der Waals surface area contributed by atoms with Crippen molar-refractivity contribution in [2.75, 3.05) is 40.8 Å². The molecule has 98 valence electrons. The van der Waals surface area contributed by atoms with Crippen molar-refractivity contribution in [3.05, 3.63) is 0 Å². The molecule has 17 heavy (non-hydrogen) atoms. The second kappa shape index (κ2) is 6.59. The summed E-state index contributed by atoms with van der Waals surface area (Å²) < 4.78 is 0. The van der Waals surface area contributed by atoms with Gasteiger partial charge in [-0.15, -0.1) is 0 Å². The van der Waals surface area contributed by atoms with Crippen molar-refractivity contribution in [3.63, 3.8) is 0 Å². The van der Waals surface area contributed by atoms with Crippen LogP contribution in [0.25, 0.3) is 0 Å². The molecule has 0 aromatic heterocycles. The minimum atomic E-state index is -0.0360. The van der Waals surface area contributed by atoms with Crippen LogP contribution >= 0.6 is 0 Å². The van der Waals surface area contributed by atoms with Gasteiger partial charge >= 0.3 is 0 Å². The SMILES string of the molecule is CN(C)C(=O)CN(C)C(=O)CC1CCNCC1. The van der Waals surface area contributed by atoms with Gasteiger partial charge in [0.2, 0.25) is 11.8 Å². The molecule has 5 nitrogen and oxygen atoms in total. The maximum Gasteiger partial charge on any atom is 0.241 e. The maximum atomic E-state index is 11.9. The summed E-state index contributed by atoms with van der Waals surface area (Å²) in [5.74, 6) is 0.513. The van der Waals surface area contributed by atoms with Crippen molar-refractivity contribution in [1.29, 1.82) is 0 Å². The van der Waals surface area contributed by atoms with E-state index in [2.05, 4.69) is 5.32 Å². The number of likely N-dealkylation sites (N-methyl/N-ethyl adjacent to an activating group) is 2. The zero-order chi connectivity index (χ0) is 12.8. The van der Waals surface area contributed by atoms with Gasteiger partial charge in [-0.2, -0.15) is 0 Å². The number of hydrogen-bond acceptors (Lipinski definition) is 3. The highest BCUT2D eigenvalue weighted by molar-refractivity contribution is 5.84. The third kappa shape index (κ3) is 4.73. The van der Waals surface area contributed by atoms with Crippen LogP contribution in [0.4, 0.5) is 0 Å². The number of nitrogens with zero attached hydrogens (tertiary/aromatic N) is 2. The summed E-state index contributed by atoms with van der Waals surface area (Å²) in [6, 6.07) is 0. The molecule has 0 bridgehead atoms. The molecule has 0 aromatic carbocycles. The lowest BCUT2D eigenvalue weighted by atomic mass is 9.94. The first-order valence-corrected chi connectivity index (χ1v) is 6.15. The smallest absolute Gasteiger partial charge is 0.241 e. The molecule has 1 heterocycles. The number of nitrogens with one attached hydrogen (secondary N) is 1. The standard InChI is InChI=1S/C12H23N3O2/c1-14(2)12(17)9-15(3)11(16)8-10-4-6-13-7-5-10/h10,13H,4-9H2,1-3H3. The minimum absolute atomic E-state index is 0.0360. The first kappa shape index (κ1) is 14.0. The Hall–Kier alpha value is -1.10. The summed E-state index contributed by atoms with van der Waals surface area (Å²) in [6.07, 6.45) is 2.68. The van der Waals surface area contributed by atoms with Crippen LogP contribution in [0.2, 0.25) is 0 Å². The quantitative estimate of drug-likeness (QED) is 0.749. The molecule has 0 atom stereocenters. The molecule has 1 saturated heterocycles. The molecule has 1 aliphatic heterocycles. The Morgan fingerprint density at radius 3 is 2.24 bits per heavy atom. The third-order valence-electron chi connectivity index (χ3n) is 3.22. The number of amides is 2. The van der Waals surface area contributed by atoms with E-state index in [1.807, 2.05) is 0 Å². The van der Waals surface area contributed by atoms with Crippen molar-refractivity contribution in [2.45, 2.75) is 19.3 Å². The molecule has 1 N–H and O–H groups in total. The van der Waals surface area contributed by atoms with Crippen molar-refractivity contribution >= 4 is 11.8 Å². The van der Waals surface area contributed by atoms with Gasteiger partial charge in [0.05, 0.1) is 6.54 Å². The topological polar surface area (TPSA) is 52.7 Å². The second-order valence-corrected chi connectivity index (χ2v) is 4.94. The van der Waals surface area contributed by atoms with Crippen LogP contribution in [0, 0.1) is 5.92 Å².